The van der Waals surface area contributed by atoms with Gasteiger partial charge in [0.25, 0.3) is 0 Å². The Morgan fingerprint density at radius 1 is 1.37 bits per heavy atom. The van der Waals surface area contributed by atoms with Gasteiger partial charge in [-0.3, -0.25) is 9.59 Å². The summed E-state index contributed by atoms with van der Waals surface area (Å²) in [6.07, 6.45) is 0.666. The molecule has 3 rings (SSSR count). The van der Waals surface area contributed by atoms with Crippen molar-refractivity contribution in [3.05, 3.63) is 41.7 Å². The summed E-state index contributed by atoms with van der Waals surface area (Å²) < 4.78 is 38.8. The lowest BCUT2D eigenvalue weighted by atomic mass is 9.94. The van der Waals surface area contributed by atoms with Crippen molar-refractivity contribution in [2.75, 3.05) is 13.6 Å². The smallest absolute Gasteiger partial charge is 0.345 e. The number of carbonyl (C=O) groups is 2. The fraction of sp³-hybridized carbons (Fsp3) is 0.591. The van der Waals surface area contributed by atoms with E-state index in [-0.39, 0.29) is 35.3 Å². The predicted octanol–water partition coefficient (Wildman–Crippen LogP) is 3.46. The highest BCUT2D eigenvalue weighted by Gasteiger charge is 2.61. The minimum Gasteiger partial charge on any atom is -0.345 e. The van der Waals surface area contributed by atoms with Crippen molar-refractivity contribution in [3.8, 4) is 0 Å². The number of Topliss-reactive ketones (excluding diaryl/α,β-unsaturated/α-hetero) is 1. The zero-order chi connectivity index (χ0) is 22.1. The second-order valence-electron chi connectivity index (χ2n) is 8.57. The molecule has 30 heavy (non-hydrogen) atoms. The van der Waals surface area contributed by atoms with Crippen LogP contribution in [0.15, 0.2) is 24.8 Å². The topological polar surface area (TPSA) is 62.3 Å². The Hall–Kier alpha value is -2.22. The molecular formula is C22H28F3N3O2. The zero-order valence-electron chi connectivity index (χ0n) is 17.4. The number of ketones is 1. The molecule has 3 atom stereocenters. The average molecular weight is 423 g/mol. The number of nitrogens with one attached hydrogen (secondary N) is 1. The van der Waals surface area contributed by atoms with Gasteiger partial charge < -0.3 is 10.2 Å². The predicted molar refractivity (Wildman–Crippen MR) is 107 cm³/mol. The second-order valence-corrected chi connectivity index (χ2v) is 8.57. The standard InChI is InChI=1S/C22H28F3N3O2/c1-4-5-6-7-20(30)28(3)13-21-11-16(27-19(21)12-21)17(29)10-15-14(2)8-9-18(26-15)22(23,24)25/h4,8-9,16,19,27H,1,5-7,10-13H2,2-3H3/t16-,19+,21-/m0/s1. The van der Waals surface area contributed by atoms with E-state index in [0.29, 0.717) is 24.9 Å². The van der Waals surface area contributed by atoms with E-state index in [2.05, 4.69) is 16.9 Å². The van der Waals surface area contributed by atoms with Crippen molar-refractivity contribution < 1.29 is 22.8 Å². The molecule has 0 spiro atoms. The molecular weight excluding hydrogens is 395 g/mol. The van der Waals surface area contributed by atoms with Crippen LogP contribution < -0.4 is 5.32 Å². The van der Waals surface area contributed by atoms with Crippen LogP contribution in [0.3, 0.4) is 0 Å². The maximum absolute atomic E-state index is 12.9. The molecule has 1 aromatic rings. The number of pyridine rings is 1. The third-order valence-corrected chi connectivity index (χ3v) is 6.20. The molecule has 1 aromatic heterocycles. The summed E-state index contributed by atoms with van der Waals surface area (Å²) >= 11 is 0. The van der Waals surface area contributed by atoms with Gasteiger partial charge in [0.05, 0.1) is 18.2 Å². The monoisotopic (exact) mass is 423 g/mol. The Kier molecular flexibility index (Phi) is 6.36. The molecule has 1 saturated carbocycles. The maximum Gasteiger partial charge on any atom is 0.433 e. The number of carbonyl (C=O) groups excluding carboxylic acids is 2. The van der Waals surface area contributed by atoms with E-state index in [1.54, 1.807) is 24.9 Å². The minimum absolute atomic E-state index is 0.0791. The fourth-order valence-corrected chi connectivity index (χ4v) is 4.31. The summed E-state index contributed by atoms with van der Waals surface area (Å²) in [5.41, 5.74) is -0.356. The van der Waals surface area contributed by atoms with Crippen LogP contribution in [0, 0.1) is 12.3 Å². The van der Waals surface area contributed by atoms with Crippen LogP contribution in [0.1, 0.15) is 49.1 Å². The number of aryl methyl sites for hydroxylation is 1. The highest BCUT2D eigenvalue weighted by Crippen LogP contribution is 2.55. The molecule has 1 amide bonds. The average Bonchev–Trinajstić information content (AvgIpc) is 3.21. The molecule has 1 saturated heterocycles. The third-order valence-electron chi connectivity index (χ3n) is 6.20. The SMILES string of the molecule is C=CCCCC(=O)N(C)C[C@@]12C[C@@H](C(=O)Cc3nc(C(F)(F)F)ccc3C)N[C@@H]1C2. The van der Waals surface area contributed by atoms with E-state index in [1.807, 2.05) is 0 Å². The molecule has 1 aliphatic heterocycles. The number of hydrogen-bond acceptors (Lipinski definition) is 4. The number of amides is 1. The lowest BCUT2D eigenvalue weighted by Crippen LogP contribution is -2.36. The molecule has 0 aromatic carbocycles. The summed E-state index contributed by atoms with van der Waals surface area (Å²) in [6, 6.07) is 2.05. The lowest BCUT2D eigenvalue weighted by molar-refractivity contribution is -0.141. The third kappa shape index (κ3) is 4.91. The Morgan fingerprint density at radius 3 is 2.77 bits per heavy atom. The number of halogens is 3. The molecule has 1 aliphatic carbocycles. The fourth-order valence-electron chi connectivity index (χ4n) is 4.31. The van der Waals surface area contributed by atoms with Gasteiger partial charge in [-0.05, 0) is 44.2 Å². The molecule has 0 bridgehead atoms. The number of fused-ring (bicyclic) bond motifs is 1. The van der Waals surface area contributed by atoms with Crippen LogP contribution in [0.25, 0.3) is 0 Å². The first kappa shape index (κ1) is 22.5. The van der Waals surface area contributed by atoms with Crippen molar-refractivity contribution >= 4 is 11.7 Å². The summed E-state index contributed by atoms with van der Waals surface area (Å²) in [5, 5.41) is 3.30. The Bertz CT molecular complexity index is 839. The Labute approximate surface area is 174 Å². The number of unbranched alkanes of at least 4 members (excludes halogenated alkanes) is 1. The molecule has 1 N–H and O–H groups in total. The number of rotatable bonds is 9. The van der Waals surface area contributed by atoms with E-state index in [0.717, 1.165) is 25.3 Å². The van der Waals surface area contributed by atoms with Gasteiger partial charge in [-0.1, -0.05) is 12.1 Å². The molecule has 0 unspecified atom stereocenters. The Balaban J connectivity index is 1.58. The van der Waals surface area contributed by atoms with Crippen LogP contribution in [-0.2, 0) is 22.2 Å². The van der Waals surface area contributed by atoms with E-state index in [4.69, 9.17) is 0 Å². The van der Waals surface area contributed by atoms with Crippen molar-refractivity contribution in [1.82, 2.24) is 15.2 Å². The van der Waals surface area contributed by atoms with Gasteiger partial charge in [0.2, 0.25) is 5.91 Å². The van der Waals surface area contributed by atoms with E-state index >= 15 is 0 Å². The largest absolute Gasteiger partial charge is 0.433 e. The first-order valence-corrected chi connectivity index (χ1v) is 10.2. The summed E-state index contributed by atoms with van der Waals surface area (Å²) in [6.45, 7) is 5.90. The summed E-state index contributed by atoms with van der Waals surface area (Å²) in [5.74, 6) is -0.0769. The highest BCUT2D eigenvalue weighted by atomic mass is 19.4. The number of aromatic nitrogens is 1. The van der Waals surface area contributed by atoms with E-state index in [9.17, 15) is 22.8 Å². The van der Waals surface area contributed by atoms with Gasteiger partial charge in [-0.25, -0.2) is 4.98 Å². The molecule has 0 radical (unpaired) electrons. The molecule has 2 fully saturated rings. The van der Waals surface area contributed by atoms with Crippen LogP contribution in [0.2, 0.25) is 0 Å². The van der Waals surface area contributed by atoms with Crippen LogP contribution in [0.5, 0.6) is 0 Å². The van der Waals surface area contributed by atoms with Crippen LogP contribution >= 0.6 is 0 Å². The maximum atomic E-state index is 12.9. The first-order valence-electron chi connectivity index (χ1n) is 10.2. The van der Waals surface area contributed by atoms with E-state index < -0.39 is 17.9 Å². The van der Waals surface area contributed by atoms with Gasteiger partial charge in [-0.2, -0.15) is 13.2 Å². The van der Waals surface area contributed by atoms with Gasteiger partial charge in [0.1, 0.15) is 5.69 Å². The van der Waals surface area contributed by atoms with Crippen LogP contribution in [-0.4, -0.2) is 47.3 Å². The van der Waals surface area contributed by atoms with Crippen molar-refractivity contribution in [3.63, 3.8) is 0 Å². The van der Waals surface area contributed by atoms with Gasteiger partial charge in [0, 0.05) is 31.5 Å². The quantitative estimate of drug-likeness (QED) is 0.488. The molecule has 2 aliphatic rings. The van der Waals surface area contributed by atoms with Crippen molar-refractivity contribution in [2.45, 2.75) is 63.7 Å². The first-order chi connectivity index (χ1) is 14.1. The normalized spacial score (nSPS) is 25.0. The van der Waals surface area contributed by atoms with E-state index in [1.165, 1.54) is 6.07 Å². The summed E-state index contributed by atoms with van der Waals surface area (Å²) in [4.78, 5) is 30.4. The highest BCUT2D eigenvalue weighted by molar-refractivity contribution is 5.87. The molecule has 164 valence electrons. The number of allylic oxidation sites excluding steroid dienone is 1. The number of alkyl halides is 3. The Morgan fingerprint density at radius 2 is 2.10 bits per heavy atom. The number of piperidine rings is 1. The summed E-state index contributed by atoms with van der Waals surface area (Å²) in [7, 11) is 1.78. The van der Waals surface area contributed by atoms with Crippen LogP contribution in [0.4, 0.5) is 13.2 Å². The van der Waals surface area contributed by atoms with Crippen molar-refractivity contribution in [2.24, 2.45) is 5.41 Å². The second kappa shape index (κ2) is 8.49. The van der Waals surface area contributed by atoms with Crippen molar-refractivity contribution in [1.29, 1.82) is 0 Å². The van der Waals surface area contributed by atoms with Gasteiger partial charge in [0.15, 0.2) is 5.78 Å². The van der Waals surface area contributed by atoms with Gasteiger partial charge in [-0.15, -0.1) is 6.58 Å². The molecule has 8 heteroatoms. The minimum atomic E-state index is -4.54. The zero-order valence-corrected chi connectivity index (χ0v) is 17.4. The number of nitrogens with zero attached hydrogens (tertiary/aromatic N) is 2. The molecule has 5 nitrogen and oxygen atoms in total. The number of hydrogen-bond donors (Lipinski definition) is 1. The molecule has 2 heterocycles. The lowest BCUT2D eigenvalue weighted by Gasteiger charge is -2.23. The van der Waals surface area contributed by atoms with Gasteiger partial charge >= 0.3 is 6.18 Å².